The minimum atomic E-state index is -2.02. The zero-order valence-electron chi connectivity index (χ0n) is 12.6. The molecule has 0 radical (unpaired) electrons. The predicted molar refractivity (Wildman–Crippen MR) is 78.4 cm³/mol. The van der Waals surface area contributed by atoms with Crippen molar-refractivity contribution in [2.24, 2.45) is 5.92 Å². The molecular formula is C12H28O4Si2. The number of rotatable bonds is 9. The number of carbonyl (C=O) groups excluding carboxylic acids is 1. The maximum absolute atomic E-state index is 11.5. The Morgan fingerprint density at radius 1 is 1.39 bits per heavy atom. The van der Waals surface area contributed by atoms with Gasteiger partial charge in [-0.25, -0.2) is 0 Å². The molecule has 0 aliphatic heterocycles. The quantitative estimate of drug-likeness (QED) is 0.372. The SMILES string of the molecule is CCC(C)C(=O)OCCC[Si](C)(OC)O[SiH](C)C. The molecule has 0 aromatic carbocycles. The highest BCUT2D eigenvalue weighted by molar-refractivity contribution is 6.73. The number of hydrogen-bond acceptors (Lipinski definition) is 4. The van der Waals surface area contributed by atoms with Gasteiger partial charge in [0.1, 0.15) is 0 Å². The van der Waals surface area contributed by atoms with E-state index in [1.165, 1.54) is 0 Å². The largest absolute Gasteiger partial charge is 0.465 e. The second-order valence-corrected chi connectivity index (χ2v) is 11.3. The van der Waals surface area contributed by atoms with Crippen molar-refractivity contribution in [3.63, 3.8) is 0 Å². The molecule has 2 atom stereocenters. The Balaban J connectivity index is 3.91. The molecule has 0 heterocycles. The van der Waals surface area contributed by atoms with Gasteiger partial charge in [-0.2, -0.15) is 0 Å². The molecule has 0 fully saturated rings. The van der Waals surface area contributed by atoms with E-state index >= 15 is 0 Å². The molecule has 2 unspecified atom stereocenters. The van der Waals surface area contributed by atoms with Crippen LogP contribution in [0.3, 0.4) is 0 Å². The molecule has 4 nitrogen and oxygen atoms in total. The van der Waals surface area contributed by atoms with Crippen LogP contribution in [-0.4, -0.2) is 37.3 Å². The second kappa shape index (κ2) is 8.84. The highest BCUT2D eigenvalue weighted by Gasteiger charge is 2.30. The van der Waals surface area contributed by atoms with Crippen molar-refractivity contribution in [1.29, 1.82) is 0 Å². The highest BCUT2D eigenvalue weighted by Crippen LogP contribution is 2.16. The van der Waals surface area contributed by atoms with E-state index in [0.29, 0.717) is 6.61 Å². The molecule has 0 saturated carbocycles. The summed E-state index contributed by atoms with van der Waals surface area (Å²) in [6, 6.07) is 0.877. The Morgan fingerprint density at radius 3 is 2.44 bits per heavy atom. The van der Waals surface area contributed by atoms with E-state index in [1.54, 1.807) is 7.11 Å². The molecule has 0 aromatic rings. The third-order valence-electron chi connectivity index (χ3n) is 2.95. The third-order valence-corrected chi connectivity index (χ3v) is 8.96. The van der Waals surface area contributed by atoms with Gasteiger partial charge in [-0.3, -0.25) is 4.79 Å². The maximum atomic E-state index is 11.5. The van der Waals surface area contributed by atoms with Crippen molar-refractivity contribution in [2.75, 3.05) is 13.7 Å². The minimum absolute atomic E-state index is 0.00428. The number of carbonyl (C=O) groups is 1. The van der Waals surface area contributed by atoms with Gasteiger partial charge in [0.25, 0.3) is 0 Å². The lowest BCUT2D eigenvalue weighted by Crippen LogP contribution is -2.41. The topological polar surface area (TPSA) is 44.8 Å². The molecule has 0 aromatic heterocycles. The normalized spacial score (nSPS) is 16.4. The molecule has 0 bridgehead atoms. The molecule has 18 heavy (non-hydrogen) atoms. The lowest BCUT2D eigenvalue weighted by molar-refractivity contribution is -0.148. The monoisotopic (exact) mass is 292 g/mol. The molecule has 0 amide bonds. The smallest absolute Gasteiger partial charge is 0.324 e. The van der Waals surface area contributed by atoms with Crippen LogP contribution in [0.15, 0.2) is 0 Å². The van der Waals surface area contributed by atoms with E-state index in [2.05, 4.69) is 19.6 Å². The summed E-state index contributed by atoms with van der Waals surface area (Å²) in [6.07, 6.45) is 1.64. The van der Waals surface area contributed by atoms with Gasteiger partial charge in [-0.05, 0) is 38.5 Å². The third kappa shape index (κ3) is 7.30. The first-order valence-corrected chi connectivity index (χ1v) is 12.0. The summed E-state index contributed by atoms with van der Waals surface area (Å²) >= 11 is 0. The zero-order chi connectivity index (χ0) is 14.2. The van der Waals surface area contributed by atoms with E-state index in [-0.39, 0.29) is 11.9 Å². The fraction of sp³-hybridized carbons (Fsp3) is 0.917. The van der Waals surface area contributed by atoms with Gasteiger partial charge in [0.2, 0.25) is 0 Å². The van der Waals surface area contributed by atoms with Crippen molar-refractivity contribution >= 4 is 23.6 Å². The zero-order valence-corrected chi connectivity index (χ0v) is 14.8. The number of ether oxygens (including phenoxy) is 1. The number of esters is 1. The summed E-state index contributed by atoms with van der Waals surface area (Å²) in [5, 5.41) is 0. The van der Waals surface area contributed by atoms with Crippen LogP contribution in [0.1, 0.15) is 26.7 Å². The van der Waals surface area contributed by atoms with Crippen LogP contribution in [0, 0.1) is 5.92 Å². The summed E-state index contributed by atoms with van der Waals surface area (Å²) in [5.41, 5.74) is 0. The first-order chi connectivity index (χ1) is 8.34. The van der Waals surface area contributed by atoms with Crippen molar-refractivity contribution in [3.8, 4) is 0 Å². The Hall–Kier alpha value is -0.176. The molecule has 108 valence electrons. The van der Waals surface area contributed by atoms with Crippen LogP contribution in [0.4, 0.5) is 0 Å². The van der Waals surface area contributed by atoms with Gasteiger partial charge in [0, 0.05) is 7.11 Å². The van der Waals surface area contributed by atoms with Gasteiger partial charge in [-0.15, -0.1) is 0 Å². The maximum Gasteiger partial charge on any atom is 0.324 e. The summed E-state index contributed by atoms with van der Waals surface area (Å²) in [6.45, 7) is 10.7. The summed E-state index contributed by atoms with van der Waals surface area (Å²) < 4.78 is 16.7. The van der Waals surface area contributed by atoms with Crippen LogP contribution in [-0.2, 0) is 18.1 Å². The number of hydrogen-bond donors (Lipinski definition) is 0. The fourth-order valence-electron chi connectivity index (χ4n) is 1.58. The van der Waals surface area contributed by atoms with Crippen LogP contribution < -0.4 is 0 Å². The molecule has 0 saturated heterocycles. The Morgan fingerprint density at radius 2 is 2.00 bits per heavy atom. The minimum Gasteiger partial charge on any atom is -0.465 e. The molecule has 0 spiro atoms. The predicted octanol–water partition coefficient (Wildman–Crippen LogP) is 2.68. The second-order valence-electron chi connectivity index (χ2n) is 5.08. The van der Waals surface area contributed by atoms with Crippen LogP contribution in [0.5, 0.6) is 0 Å². The molecule has 0 aliphatic rings. The standard InChI is InChI=1S/C12H28O4Si2/c1-7-11(2)12(13)15-9-8-10-18(6,14-3)16-17(4)5/h11,17H,7-10H2,1-6H3. The van der Waals surface area contributed by atoms with Gasteiger partial charge in [-0.1, -0.05) is 13.8 Å². The first kappa shape index (κ1) is 17.8. The lowest BCUT2D eigenvalue weighted by Gasteiger charge is -2.27. The van der Waals surface area contributed by atoms with Crippen molar-refractivity contribution in [2.45, 2.75) is 52.4 Å². The van der Waals surface area contributed by atoms with E-state index in [9.17, 15) is 4.79 Å². The summed E-state index contributed by atoms with van der Waals surface area (Å²) in [4.78, 5) is 11.5. The average Bonchev–Trinajstić information content (AvgIpc) is 2.32. The Labute approximate surface area is 114 Å². The van der Waals surface area contributed by atoms with E-state index in [1.807, 2.05) is 13.8 Å². The molecule has 0 rings (SSSR count). The molecule has 0 aliphatic carbocycles. The van der Waals surface area contributed by atoms with E-state index < -0.39 is 17.6 Å². The van der Waals surface area contributed by atoms with Crippen molar-refractivity contribution in [1.82, 2.24) is 0 Å². The van der Waals surface area contributed by atoms with Crippen LogP contribution in [0.25, 0.3) is 0 Å². The Bertz CT molecular complexity index is 248. The first-order valence-electron chi connectivity index (χ1n) is 6.74. The molecule has 6 heteroatoms. The Kier molecular flexibility index (Phi) is 8.76. The van der Waals surface area contributed by atoms with Crippen molar-refractivity contribution in [3.05, 3.63) is 0 Å². The van der Waals surface area contributed by atoms with E-state index in [4.69, 9.17) is 13.3 Å². The average molecular weight is 293 g/mol. The lowest BCUT2D eigenvalue weighted by atomic mass is 10.1. The summed E-state index contributed by atoms with van der Waals surface area (Å²) in [5.74, 6) is -0.104. The van der Waals surface area contributed by atoms with Crippen LogP contribution >= 0.6 is 0 Å². The summed E-state index contributed by atoms with van der Waals surface area (Å²) in [7, 11) is -1.38. The molecule has 0 N–H and O–H groups in total. The van der Waals surface area contributed by atoms with Gasteiger partial charge in [0.05, 0.1) is 12.5 Å². The van der Waals surface area contributed by atoms with E-state index in [0.717, 1.165) is 18.9 Å². The van der Waals surface area contributed by atoms with Crippen LogP contribution in [0.2, 0.25) is 25.7 Å². The van der Waals surface area contributed by atoms with Gasteiger partial charge in [0.15, 0.2) is 9.04 Å². The fourth-order valence-corrected chi connectivity index (χ4v) is 7.42. The van der Waals surface area contributed by atoms with Gasteiger partial charge >= 0.3 is 14.5 Å². The highest BCUT2D eigenvalue weighted by atomic mass is 28.4. The van der Waals surface area contributed by atoms with Crippen molar-refractivity contribution < 1.29 is 18.1 Å². The van der Waals surface area contributed by atoms with Gasteiger partial charge < -0.3 is 13.3 Å². The molecular weight excluding hydrogens is 264 g/mol.